The maximum absolute atomic E-state index is 13.2. The maximum Gasteiger partial charge on any atom is 0.410 e. The lowest BCUT2D eigenvalue weighted by atomic mass is 10.1. The topological polar surface area (TPSA) is 92.6 Å². The molecule has 0 unspecified atom stereocenters. The predicted molar refractivity (Wildman–Crippen MR) is 153 cm³/mol. The van der Waals surface area contributed by atoms with Crippen LogP contribution in [0.1, 0.15) is 32.3 Å². The second-order valence-electron chi connectivity index (χ2n) is 10.0. The molecule has 1 aliphatic heterocycles. The minimum atomic E-state index is -0.365. The standard InChI is InChI=1S/C30H34FN5O4/c1-3-13-35-26-19-25(32-27(26)28(37)36(14-4-2)29(35)38)22-7-5-21(6-8-22)20-40-30(39)34-17-15-33(16-18-34)24-11-9-23(31)10-12-24/h5-12,19,32H,3-4,13-18,20H2,1-2H3. The molecule has 2 aromatic carbocycles. The van der Waals surface area contributed by atoms with Crippen LogP contribution < -0.4 is 16.1 Å². The molecular weight excluding hydrogens is 513 g/mol. The van der Waals surface area contributed by atoms with Gasteiger partial charge < -0.3 is 19.5 Å². The Bertz CT molecular complexity index is 1600. The first-order valence-electron chi connectivity index (χ1n) is 13.8. The van der Waals surface area contributed by atoms with Crippen LogP contribution in [0.25, 0.3) is 22.3 Å². The first-order chi connectivity index (χ1) is 19.4. The van der Waals surface area contributed by atoms with E-state index in [-0.39, 0.29) is 29.8 Å². The Morgan fingerprint density at radius 1 is 0.900 bits per heavy atom. The Morgan fingerprint density at radius 3 is 2.20 bits per heavy atom. The minimum Gasteiger partial charge on any atom is -0.445 e. The summed E-state index contributed by atoms with van der Waals surface area (Å²) in [6.07, 6.45) is 1.10. The summed E-state index contributed by atoms with van der Waals surface area (Å²) in [4.78, 5) is 45.6. The van der Waals surface area contributed by atoms with E-state index in [9.17, 15) is 18.8 Å². The van der Waals surface area contributed by atoms with Gasteiger partial charge in [-0.2, -0.15) is 0 Å². The molecule has 1 saturated heterocycles. The van der Waals surface area contributed by atoms with Crippen LogP contribution in [0.5, 0.6) is 0 Å². The minimum absolute atomic E-state index is 0.141. The zero-order chi connectivity index (χ0) is 28.2. The first kappa shape index (κ1) is 27.2. The number of carbonyl (C=O) groups excluding carboxylic acids is 1. The van der Waals surface area contributed by atoms with Crippen molar-refractivity contribution in [3.63, 3.8) is 0 Å². The molecule has 0 atom stereocenters. The van der Waals surface area contributed by atoms with Crippen molar-refractivity contribution in [2.24, 2.45) is 0 Å². The number of rotatable bonds is 8. The number of carbonyl (C=O) groups is 1. The summed E-state index contributed by atoms with van der Waals surface area (Å²) in [5.74, 6) is -0.269. The van der Waals surface area contributed by atoms with Gasteiger partial charge in [0.1, 0.15) is 17.9 Å². The van der Waals surface area contributed by atoms with Gasteiger partial charge in [-0.1, -0.05) is 38.1 Å². The molecule has 40 heavy (non-hydrogen) atoms. The molecule has 0 bridgehead atoms. The molecule has 3 heterocycles. The Labute approximate surface area is 231 Å². The first-order valence-corrected chi connectivity index (χ1v) is 13.8. The number of ether oxygens (including phenoxy) is 1. The highest BCUT2D eigenvalue weighted by molar-refractivity contribution is 5.82. The molecule has 9 nitrogen and oxygen atoms in total. The van der Waals surface area contributed by atoms with Gasteiger partial charge in [0.25, 0.3) is 5.56 Å². The van der Waals surface area contributed by atoms with E-state index in [1.54, 1.807) is 21.6 Å². The van der Waals surface area contributed by atoms with Crippen LogP contribution in [-0.4, -0.2) is 51.3 Å². The molecule has 5 rings (SSSR count). The molecule has 1 fully saturated rings. The number of aryl methyl sites for hydroxylation is 1. The molecule has 10 heteroatoms. The number of amides is 1. The molecule has 210 valence electrons. The van der Waals surface area contributed by atoms with Gasteiger partial charge in [-0.25, -0.2) is 14.0 Å². The lowest BCUT2D eigenvalue weighted by molar-refractivity contribution is 0.0942. The lowest BCUT2D eigenvalue weighted by Gasteiger charge is -2.35. The zero-order valence-corrected chi connectivity index (χ0v) is 22.9. The third-order valence-electron chi connectivity index (χ3n) is 7.26. The molecule has 1 aliphatic rings. The van der Waals surface area contributed by atoms with Crippen molar-refractivity contribution in [3.05, 3.63) is 86.8 Å². The van der Waals surface area contributed by atoms with E-state index in [0.717, 1.165) is 28.9 Å². The number of fused-ring (bicyclic) bond motifs is 1. The van der Waals surface area contributed by atoms with E-state index in [1.807, 2.05) is 44.2 Å². The number of H-pyrrole nitrogens is 1. The third-order valence-corrected chi connectivity index (χ3v) is 7.26. The lowest BCUT2D eigenvalue weighted by Crippen LogP contribution is -2.48. The van der Waals surface area contributed by atoms with Crippen LogP contribution in [0.15, 0.2) is 64.2 Å². The summed E-state index contributed by atoms with van der Waals surface area (Å²) < 4.78 is 21.7. The van der Waals surface area contributed by atoms with Crippen molar-refractivity contribution >= 4 is 22.8 Å². The van der Waals surface area contributed by atoms with Crippen molar-refractivity contribution in [1.82, 2.24) is 19.0 Å². The number of hydrogen-bond acceptors (Lipinski definition) is 5. The second kappa shape index (κ2) is 11.8. The highest BCUT2D eigenvalue weighted by Gasteiger charge is 2.22. The molecule has 2 aromatic heterocycles. The van der Waals surface area contributed by atoms with E-state index in [0.29, 0.717) is 56.7 Å². The molecule has 0 aliphatic carbocycles. The summed E-state index contributed by atoms with van der Waals surface area (Å²) in [7, 11) is 0. The largest absolute Gasteiger partial charge is 0.445 e. The SMILES string of the molecule is CCCn1c(=O)c2[nH]c(-c3ccc(COC(=O)N4CCN(c5ccc(F)cc5)CC4)cc3)cc2n(CCC)c1=O. The van der Waals surface area contributed by atoms with Crippen LogP contribution in [0.3, 0.4) is 0 Å². The van der Waals surface area contributed by atoms with E-state index < -0.39 is 0 Å². The van der Waals surface area contributed by atoms with Crippen LogP contribution in [0.2, 0.25) is 0 Å². The summed E-state index contributed by atoms with van der Waals surface area (Å²) in [6, 6.07) is 15.8. The number of halogens is 1. The Hall–Kier alpha value is -4.34. The number of aromatic nitrogens is 3. The Morgan fingerprint density at radius 2 is 1.55 bits per heavy atom. The average molecular weight is 548 g/mol. The smallest absolute Gasteiger partial charge is 0.410 e. The molecule has 0 saturated carbocycles. The van der Waals surface area contributed by atoms with Crippen LogP contribution >= 0.6 is 0 Å². The fourth-order valence-corrected chi connectivity index (χ4v) is 5.12. The van der Waals surface area contributed by atoms with Gasteiger partial charge in [-0.15, -0.1) is 0 Å². The number of nitrogens with one attached hydrogen (secondary N) is 1. The Balaban J connectivity index is 1.23. The van der Waals surface area contributed by atoms with Gasteiger partial charge in [-0.05, 0) is 54.3 Å². The fraction of sp³-hybridized carbons (Fsp3) is 0.367. The highest BCUT2D eigenvalue weighted by Crippen LogP contribution is 2.23. The number of anilines is 1. The van der Waals surface area contributed by atoms with E-state index in [1.165, 1.54) is 16.7 Å². The average Bonchev–Trinajstić information content (AvgIpc) is 3.43. The number of piperazine rings is 1. The van der Waals surface area contributed by atoms with Gasteiger partial charge in [-0.3, -0.25) is 13.9 Å². The number of hydrogen-bond donors (Lipinski definition) is 1. The van der Waals surface area contributed by atoms with E-state index >= 15 is 0 Å². The van der Waals surface area contributed by atoms with Gasteiger partial charge in [0.2, 0.25) is 0 Å². The van der Waals surface area contributed by atoms with E-state index in [2.05, 4.69) is 9.88 Å². The van der Waals surface area contributed by atoms with Gasteiger partial charge in [0.15, 0.2) is 0 Å². The molecule has 1 N–H and O–H groups in total. The third kappa shape index (κ3) is 5.52. The van der Waals surface area contributed by atoms with Crippen LogP contribution in [0.4, 0.5) is 14.9 Å². The second-order valence-corrected chi connectivity index (χ2v) is 10.0. The van der Waals surface area contributed by atoms with Gasteiger partial charge in [0, 0.05) is 50.6 Å². The number of nitrogens with zero attached hydrogens (tertiary/aromatic N) is 4. The van der Waals surface area contributed by atoms with Crippen molar-refractivity contribution in [2.45, 2.75) is 46.4 Å². The zero-order valence-electron chi connectivity index (χ0n) is 22.9. The van der Waals surface area contributed by atoms with Crippen LogP contribution in [0, 0.1) is 5.82 Å². The van der Waals surface area contributed by atoms with Gasteiger partial charge >= 0.3 is 11.8 Å². The summed E-state index contributed by atoms with van der Waals surface area (Å²) in [5, 5.41) is 0. The summed E-state index contributed by atoms with van der Waals surface area (Å²) in [5.41, 5.74) is 3.83. The van der Waals surface area contributed by atoms with Crippen molar-refractivity contribution in [2.75, 3.05) is 31.1 Å². The van der Waals surface area contributed by atoms with E-state index in [4.69, 9.17) is 4.74 Å². The molecule has 1 amide bonds. The summed E-state index contributed by atoms with van der Waals surface area (Å²) in [6.45, 7) is 7.34. The number of benzene rings is 2. The quantitative estimate of drug-likeness (QED) is 0.349. The predicted octanol–water partition coefficient (Wildman–Crippen LogP) is 4.58. The molecule has 0 spiro atoms. The van der Waals surface area contributed by atoms with Crippen molar-refractivity contribution in [3.8, 4) is 11.3 Å². The number of aromatic amines is 1. The summed E-state index contributed by atoms with van der Waals surface area (Å²) >= 11 is 0. The molecular formula is C30H34FN5O4. The highest BCUT2D eigenvalue weighted by atomic mass is 19.1. The normalized spacial score (nSPS) is 13.7. The van der Waals surface area contributed by atoms with Crippen molar-refractivity contribution in [1.29, 1.82) is 0 Å². The molecule has 4 aromatic rings. The van der Waals surface area contributed by atoms with Crippen molar-refractivity contribution < 1.29 is 13.9 Å². The molecule has 0 radical (unpaired) electrons. The maximum atomic E-state index is 13.2. The van der Waals surface area contributed by atoms with Gasteiger partial charge in [0.05, 0.1) is 5.52 Å². The van der Waals surface area contributed by atoms with Crippen LogP contribution in [-0.2, 0) is 24.4 Å². The monoisotopic (exact) mass is 547 g/mol. The Kier molecular flexibility index (Phi) is 8.04. The fourth-order valence-electron chi connectivity index (χ4n) is 5.12.